The van der Waals surface area contributed by atoms with Gasteiger partial charge in [0, 0.05) is 0 Å². The summed E-state index contributed by atoms with van der Waals surface area (Å²) in [5.74, 6) is 1.80. The van der Waals surface area contributed by atoms with Crippen molar-refractivity contribution in [2.75, 3.05) is 5.75 Å². The fraction of sp³-hybridized carbons (Fsp3) is 0.952. The van der Waals surface area contributed by atoms with Crippen LogP contribution in [0.25, 0.3) is 0 Å². The smallest absolute Gasteiger partial charge is 0.154 e. The summed E-state index contributed by atoms with van der Waals surface area (Å²) in [6, 6.07) is 0. The molecule has 0 aliphatic heterocycles. The van der Waals surface area contributed by atoms with Crippen molar-refractivity contribution >= 4 is 9.84 Å². The maximum Gasteiger partial charge on any atom is 0.154 e. The van der Waals surface area contributed by atoms with E-state index in [1.807, 2.05) is 6.92 Å². The van der Waals surface area contributed by atoms with Gasteiger partial charge in [0.25, 0.3) is 0 Å². The molecule has 24 heavy (non-hydrogen) atoms. The van der Waals surface area contributed by atoms with E-state index in [1.54, 1.807) is 0 Å². The third-order valence-electron chi connectivity index (χ3n) is 4.70. The molecule has 0 spiro atoms. The molecule has 0 aliphatic rings. The van der Waals surface area contributed by atoms with E-state index in [0.717, 1.165) is 12.8 Å². The zero-order valence-electron chi connectivity index (χ0n) is 16.5. The third kappa shape index (κ3) is 18.3. The second-order valence-corrected chi connectivity index (χ2v) is 9.31. The average molecular weight is 360 g/mol. The van der Waals surface area contributed by atoms with Crippen LogP contribution in [0.3, 0.4) is 0 Å². The van der Waals surface area contributed by atoms with Gasteiger partial charge in [-0.2, -0.15) is 0 Å². The van der Waals surface area contributed by atoms with Gasteiger partial charge in [-0.25, -0.2) is 8.42 Å². The molecule has 145 valence electrons. The van der Waals surface area contributed by atoms with E-state index in [1.165, 1.54) is 95.6 Å². The molecule has 0 aromatic rings. The van der Waals surface area contributed by atoms with Crippen LogP contribution in [0.4, 0.5) is 0 Å². The molecule has 0 amide bonds. The predicted octanol–water partition coefficient (Wildman–Crippen LogP) is 7.23. The lowest BCUT2D eigenvalue weighted by atomic mass is 10.0. The first kappa shape index (κ1) is 23.9. The van der Waals surface area contributed by atoms with Gasteiger partial charge in [0.15, 0.2) is 9.84 Å². The van der Waals surface area contributed by atoms with Crippen LogP contribution in [0.15, 0.2) is 0 Å². The Hall–Kier alpha value is -0.0500. The monoisotopic (exact) mass is 359 g/mol. The zero-order valence-corrected chi connectivity index (χ0v) is 17.3. The SMILES string of the molecule is CC[CH]S(=O)(=O)CCCCCCCCCCCCCCCCCC. The second kappa shape index (κ2) is 17.8. The van der Waals surface area contributed by atoms with Crippen LogP contribution in [0.1, 0.15) is 123 Å². The lowest BCUT2D eigenvalue weighted by molar-refractivity contribution is 0.531. The molecule has 0 aromatic carbocycles. The molecular weight excluding hydrogens is 316 g/mol. The largest absolute Gasteiger partial charge is 0.229 e. The van der Waals surface area contributed by atoms with Crippen molar-refractivity contribution in [2.45, 2.75) is 123 Å². The second-order valence-electron chi connectivity index (χ2n) is 7.25. The Morgan fingerprint density at radius 1 is 0.542 bits per heavy atom. The van der Waals surface area contributed by atoms with Crippen molar-refractivity contribution in [3.05, 3.63) is 5.75 Å². The average Bonchev–Trinajstić information content (AvgIpc) is 2.54. The van der Waals surface area contributed by atoms with Gasteiger partial charge in [0.2, 0.25) is 0 Å². The quantitative estimate of drug-likeness (QED) is 0.228. The summed E-state index contributed by atoms with van der Waals surface area (Å²) in [5.41, 5.74) is 0. The maximum atomic E-state index is 11.5. The Bertz CT molecular complexity index is 336. The number of rotatable bonds is 19. The van der Waals surface area contributed by atoms with Gasteiger partial charge >= 0.3 is 0 Å². The molecule has 0 rings (SSSR count). The van der Waals surface area contributed by atoms with Crippen LogP contribution in [-0.4, -0.2) is 14.2 Å². The fourth-order valence-corrected chi connectivity index (χ4v) is 4.47. The van der Waals surface area contributed by atoms with E-state index < -0.39 is 9.84 Å². The molecule has 0 aliphatic carbocycles. The van der Waals surface area contributed by atoms with Gasteiger partial charge in [0.05, 0.1) is 11.5 Å². The van der Waals surface area contributed by atoms with Crippen LogP contribution in [-0.2, 0) is 9.84 Å². The van der Waals surface area contributed by atoms with Crippen molar-refractivity contribution < 1.29 is 8.42 Å². The van der Waals surface area contributed by atoms with Gasteiger partial charge < -0.3 is 0 Å². The Kier molecular flexibility index (Phi) is 17.7. The van der Waals surface area contributed by atoms with E-state index in [-0.39, 0.29) is 0 Å². The summed E-state index contributed by atoms with van der Waals surface area (Å²) in [5, 5.41) is 0. The highest BCUT2D eigenvalue weighted by molar-refractivity contribution is 7.93. The van der Waals surface area contributed by atoms with Crippen molar-refractivity contribution in [2.24, 2.45) is 0 Å². The molecule has 0 saturated heterocycles. The van der Waals surface area contributed by atoms with Crippen LogP contribution < -0.4 is 0 Å². The molecule has 0 aromatic heterocycles. The minimum absolute atomic E-state index is 0.347. The van der Waals surface area contributed by atoms with Crippen LogP contribution in [0.2, 0.25) is 0 Å². The topological polar surface area (TPSA) is 34.1 Å². The van der Waals surface area contributed by atoms with E-state index >= 15 is 0 Å². The molecule has 3 heteroatoms. The first-order chi connectivity index (χ1) is 11.6. The number of hydrogen-bond acceptors (Lipinski definition) is 2. The highest BCUT2D eigenvalue weighted by atomic mass is 32.2. The van der Waals surface area contributed by atoms with Gasteiger partial charge in [-0.15, -0.1) is 0 Å². The summed E-state index contributed by atoms with van der Waals surface area (Å²) in [4.78, 5) is 0. The Morgan fingerprint density at radius 2 is 0.875 bits per heavy atom. The molecule has 2 nitrogen and oxygen atoms in total. The van der Waals surface area contributed by atoms with E-state index in [2.05, 4.69) is 6.92 Å². The summed E-state index contributed by atoms with van der Waals surface area (Å²) in [6.07, 6.45) is 21.8. The lowest BCUT2D eigenvalue weighted by Crippen LogP contribution is -2.05. The minimum Gasteiger partial charge on any atom is -0.229 e. The van der Waals surface area contributed by atoms with Gasteiger partial charge in [-0.05, 0) is 12.8 Å². The van der Waals surface area contributed by atoms with E-state index in [4.69, 9.17) is 0 Å². The van der Waals surface area contributed by atoms with Crippen molar-refractivity contribution in [3.63, 3.8) is 0 Å². The highest BCUT2D eigenvalue weighted by Gasteiger charge is 2.08. The summed E-state index contributed by atoms with van der Waals surface area (Å²) in [7, 11) is -2.88. The maximum absolute atomic E-state index is 11.5. The molecule has 0 atom stereocenters. The third-order valence-corrected chi connectivity index (χ3v) is 6.40. The number of sulfone groups is 1. The molecule has 0 N–H and O–H groups in total. The zero-order chi connectivity index (χ0) is 17.9. The molecule has 0 heterocycles. The van der Waals surface area contributed by atoms with Gasteiger partial charge in [-0.3, -0.25) is 0 Å². The number of hydrogen-bond donors (Lipinski definition) is 0. The fourth-order valence-electron chi connectivity index (χ4n) is 3.19. The normalized spacial score (nSPS) is 11.9. The number of unbranched alkanes of at least 4 members (excludes halogenated alkanes) is 15. The molecule has 0 fully saturated rings. The first-order valence-electron chi connectivity index (χ1n) is 10.7. The van der Waals surface area contributed by atoms with Crippen molar-refractivity contribution in [1.82, 2.24) is 0 Å². The van der Waals surface area contributed by atoms with Crippen LogP contribution >= 0.6 is 0 Å². The lowest BCUT2D eigenvalue weighted by Gasteiger charge is -2.04. The van der Waals surface area contributed by atoms with E-state index in [0.29, 0.717) is 12.2 Å². The molecule has 0 saturated carbocycles. The van der Waals surface area contributed by atoms with Crippen LogP contribution in [0.5, 0.6) is 0 Å². The minimum atomic E-state index is -2.88. The van der Waals surface area contributed by atoms with Crippen molar-refractivity contribution in [3.8, 4) is 0 Å². The molecule has 0 bridgehead atoms. The Labute approximate surface area is 153 Å². The Balaban J connectivity index is 3.13. The predicted molar refractivity (Wildman–Crippen MR) is 108 cm³/mol. The highest BCUT2D eigenvalue weighted by Crippen LogP contribution is 2.14. The van der Waals surface area contributed by atoms with E-state index in [9.17, 15) is 8.42 Å². The van der Waals surface area contributed by atoms with Gasteiger partial charge in [0.1, 0.15) is 0 Å². The van der Waals surface area contributed by atoms with Gasteiger partial charge in [-0.1, -0.05) is 110 Å². The summed E-state index contributed by atoms with van der Waals surface area (Å²) in [6.45, 7) is 4.15. The van der Waals surface area contributed by atoms with Crippen LogP contribution in [0, 0.1) is 5.75 Å². The standard InChI is InChI=1S/C21H43O2S/c1-3-5-6-7-8-9-10-11-12-13-14-15-16-17-18-19-21-24(22,23)20-4-2/h20H,3-19,21H2,1-2H3. The van der Waals surface area contributed by atoms with Crippen molar-refractivity contribution in [1.29, 1.82) is 0 Å². The summed E-state index contributed by atoms with van der Waals surface area (Å²) < 4.78 is 23.0. The Morgan fingerprint density at radius 3 is 1.21 bits per heavy atom. The summed E-state index contributed by atoms with van der Waals surface area (Å²) >= 11 is 0. The molecule has 1 radical (unpaired) electrons. The first-order valence-corrected chi connectivity index (χ1v) is 12.4. The molecular formula is C21H43O2S. The molecule has 0 unspecified atom stereocenters.